The number of benzene rings is 2. The number of furan rings is 1. The molecule has 0 amide bonds. The Bertz CT molecular complexity index is 1220. The maximum Gasteiger partial charge on any atom is 0.283 e. The number of sulfonamides is 1. The van der Waals surface area contributed by atoms with Crippen LogP contribution < -0.4 is 4.31 Å². The van der Waals surface area contributed by atoms with Gasteiger partial charge in [0, 0.05) is 0 Å². The highest BCUT2D eigenvalue weighted by Crippen LogP contribution is 2.28. The van der Waals surface area contributed by atoms with Crippen LogP contribution in [0.3, 0.4) is 0 Å². The van der Waals surface area contributed by atoms with Gasteiger partial charge < -0.3 is 8.83 Å². The summed E-state index contributed by atoms with van der Waals surface area (Å²) >= 11 is 3.22. The summed E-state index contributed by atoms with van der Waals surface area (Å²) in [5, 5.41) is 7.96. The van der Waals surface area contributed by atoms with Gasteiger partial charge in [0.15, 0.2) is 10.4 Å². The van der Waals surface area contributed by atoms with Gasteiger partial charge in [0.2, 0.25) is 5.89 Å². The largest absolute Gasteiger partial charge is 0.444 e. The number of aromatic nitrogens is 2. The minimum Gasteiger partial charge on any atom is -0.444 e. The average Bonchev–Trinajstić information content (AvgIpc) is 3.36. The summed E-state index contributed by atoms with van der Waals surface area (Å²) in [6.07, 6.45) is 0. The van der Waals surface area contributed by atoms with E-state index < -0.39 is 10.0 Å². The van der Waals surface area contributed by atoms with Gasteiger partial charge in [0.05, 0.1) is 10.6 Å². The molecule has 0 N–H and O–H groups in total. The molecule has 0 aliphatic heterocycles. The van der Waals surface area contributed by atoms with Crippen LogP contribution in [0.25, 0.3) is 11.7 Å². The highest BCUT2D eigenvalue weighted by Gasteiger charge is 2.27. The number of aryl methyl sites for hydroxylation is 1. The molecule has 4 aromatic rings. The third-order valence-corrected chi connectivity index (χ3v) is 6.40. The lowest BCUT2D eigenvalue weighted by Gasteiger charge is -2.23. The molecule has 0 atom stereocenters. The van der Waals surface area contributed by atoms with Crippen molar-refractivity contribution in [3.05, 3.63) is 82.9 Å². The molecule has 0 saturated carbocycles. The molecule has 2 aromatic carbocycles. The van der Waals surface area contributed by atoms with Gasteiger partial charge in [-0.25, -0.2) is 8.42 Å². The predicted octanol–water partition coefficient (Wildman–Crippen LogP) is 4.80. The standard InChI is InChI=1S/C20H16BrN3O4S/c1-14-7-9-15(10-8-14)24(29(25,26)16-5-3-2-4-6-16)13-19-22-23-20(28-19)17-11-12-18(21)27-17/h2-12H,13H2,1H3. The summed E-state index contributed by atoms with van der Waals surface area (Å²) < 4.78 is 39.5. The Morgan fingerprint density at radius 2 is 1.66 bits per heavy atom. The topological polar surface area (TPSA) is 89.4 Å². The maximum atomic E-state index is 13.3. The highest BCUT2D eigenvalue weighted by atomic mass is 79.9. The maximum absolute atomic E-state index is 13.3. The zero-order chi connectivity index (χ0) is 20.4. The van der Waals surface area contributed by atoms with Gasteiger partial charge in [0.25, 0.3) is 15.9 Å². The molecule has 0 saturated heterocycles. The van der Waals surface area contributed by atoms with E-state index in [1.807, 2.05) is 19.1 Å². The van der Waals surface area contributed by atoms with Crippen LogP contribution in [0.2, 0.25) is 0 Å². The Morgan fingerprint density at radius 1 is 0.931 bits per heavy atom. The van der Waals surface area contributed by atoms with Crippen molar-refractivity contribution in [1.29, 1.82) is 0 Å². The lowest BCUT2D eigenvalue weighted by Crippen LogP contribution is -2.30. The lowest BCUT2D eigenvalue weighted by atomic mass is 10.2. The van der Waals surface area contributed by atoms with E-state index in [1.54, 1.807) is 54.6 Å². The second-order valence-corrected chi connectivity index (χ2v) is 8.91. The molecule has 148 valence electrons. The minimum absolute atomic E-state index is 0.116. The van der Waals surface area contributed by atoms with E-state index in [-0.39, 0.29) is 23.2 Å². The molecule has 7 nitrogen and oxygen atoms in total. The number of anilines is 1. The summed E-state index contributed by atoms with van der Waals surface area (Å²) in [5.41, 5.74) is 1.52. The van der Waals surface area contributed by atoms with Gasteiger partial charge in [0.1, 0.15) is 6.54 Å². The Kier molecular flexibility index (Phi) is 5.25. The smallest absolute Gasteiger partial charge is 0.283 e. The van der Waals surface area contributed by atoms with Crippen LogP contribution in [0.1, 0.15) is 11.5 Å². The van der Waals surface area contributed by atoms with Gasteiger partial charge in [-0.15, -0.1) is 10.2 Å². The van der Waals surface area contributed by atoms with Crippen LogP contribution >= 0.6 is 15.9 Å². The fourth-order valence-electron chi connectivity index (χ4n) is 2.71. The molecular weight excluding hydrogens is 458 g/mol. The third-order valence-electron chi connectivity index (χ3n) is 4.18. The second-order valence-electron chi connectivity index (χ2n) is 6.26. The fourth-order valence-corrected chi connectivity index (χ4v) is 4.46. The van der Waals surface area contributed by atoms with E-state index in [1.165, 1.54) is 4.31 Å². The fraction of sp³-hybridized carbons (Fsp3) is 0.100. The van der Waals surface area contributed by atoms with Crippen molar-refractivity contribution < 1.29 is 17.3 Å². The van der Waals surface area contributed by atoms with Gasteiger partial charge in [-0.2, -0.15) is 0 Å². The van der Waals surface area contributed by atoms with Crippen LogP contribution in [0.4, 0.5) is 5.69 Å². The summed E-state index contributed by atoms with van der Waals surface area (Å²) in [6.45, 7) is 1.82. The van der Waals surface area contributed by atoms with Crippen LogP contribution in [-0.4, -0.2) is 18.6 Å². The van der Waals surface area contributed by atoms with Gasteiger partial charge >= 0.3 is 0 Å². The summed E-state index contributed by atoms with van der Waals surface area (Å²) in [7, 11) is -3.84. The minimum atomic E-state index is -3.84. The van der Waals surface area contributed by atoms with Crippen molar-refractivity contribution in [2.45, 2.75) is 18.4 Å². The van der Waals surface area contributed by atoms with E-state index in [9.17, 15) is 8.42 Å². The predicted molar refractivity (Wildman–Crippen MR) is 111 cm³/mol. The molecule has 0 spiro atoms. The first-order valence-corrected chi connectivity index (χ1v) is 10.9. The molecule has 0 aliphatic rings. The Balaban J connectivity index is 1.71. The number of halogens is 1. The quantitative estimate of drug-likeness (QED) is 0.399. The summed E-state index contributed by atoms with van der Waals surface area (Å²) in [6, 6.07) is 18.8. The average molecular weight is 474 g/mol. The normalized spacial score (nSPS) is 11.5. The van der Waals surface area contributed by atoms with Crippen LogP contribution in [0, 0.1) is 6.92 Å². The van der Waals surface area contributed by atoms with E-state index in [0.29, 0.717) is 16.1 Å². The zero-order valence-corrected chi connectivity index (χ0v) is 17.7. The van der Waals surface area contributed by atoms with Crippen molar-refractivity contribution in [2.24, 2.45) is 0 Å². The molecule has 0 aliphatic carbocycles. The van der Waals surface area contributed by atoms with Gasteiger partial charge in [-0.1, -0.05) is 35.9 Å². The number of rotatable bonds is 6. The van der Waals surface area contributed by atoms with Gasteiger partial charge in [-0.05, 0) is 59.3 Å². The van der Waals surface area contributed by atoms with E-state index in [2.05, 4.69) is 26.1 Å². The molecule has 2 aromatic heterocycles. The molecule has 0 radical (unpaired) electrons. The van der Waals surface area contributed by atoms with Crippen LogP contribution in [-0.2, 0) is 16.6 Å². The zero-order valence-electron chi connectivity index (χ0n) is 15.3. The molecule has 0 bridgehead atoms. The van der Waals surface area contributed by atoms with Crippen molar-refractivity contribution in [2.75, 3.05) is 4.31 Å². The van der Waals surface area contributed by atoms with Crippen molar-refractivity contribution in [3.8, 4) is 11.7 Å². The van der Waals surface area contributed by atoms with Crippen molar-refractivity contribution >= 4 is 31.6 Å². The molecule has 9 heteroatoms. The molecule has 29 heavy (non-hydrogen) atoms. The van der Waals surface area contributed by atoms with Crippen LogP contribution in [0.15, 0.2) is 85.1 Å². The van der Waals surface area contributed by atoms with Gasteiger partial charge in [-0.3, -0.25) is 4.31 Å². The first-order chi connectivity index (χ1) is 13.9. The number of hydrogen-bond acceptors (Lipinski definition) is 6. The first-order valence-electron chi connectivity index (χ1n) is 8.66. The lowest BCUT2D eigenvalue weighted by molar-refractivity contribution is 0.474. The van der Waals surface area contributed by atoms with Crippen LogP contribution in [0.5, 0.6) is 0 Å². The molecule has 0 unspecified atom stereocenters. The monoisotopic (exact) mass is 473 g/mol. The number of hydrogen-bond donors (Lipinski definition) is 0. The SMILES string of the molecule is Cc1ccc(N(Cc2nnc(-c3ccc(Br)o3)o2)S(=O)(=O)c2ccccc2)cc1. The molecule has 4 rings (SSSR count). The highest BCUT2D eigenvalue weighted by molar-refractivity contribution is 9.10. The Labute approximate surface area is 176 Å². The van der Waals surface area contributed by atoms with Crippen molar-refractivity contribution in [1.82, 2.24) is 10.2 Å². The molecule has 0 fully saturated rings. The van der Waals surface area contributed by atoms with E-state index in [0.717, 1.165) is 5.56 Å². The van der Waals surface area contributed by atoms with E-state index >= 15 is 0 Å². The third kappa shape index (κ3) is 4.10. The second kappa shape index (κ2) is 7.84. The number of nitrogens with zero attached hydrogens (tertiary/aromatic N) is 3. The summed E-state index contributed by atoms with van der Waals surface area (Å²) in [5.74, 6) is 0.711. The Morgan fingerprint density at radius 3 is 2.31 bits per heavy atom. The Hall–Kier alpha value is -2.91. The molecule has 2 heterocycles. The molecular formula is C20H16BrN3O4S. The van der Waals surface area contributed by atoms with Crippen molar-refractivity contribution in [3.63, 3.8) is 0 Å². The van der Waals surface area contributed by atoms with E-state index in [4.69, 9.17) is 8.83 Å². The summed E-state index contributed by atoms with van der Waals surface area (Å²) in [4.78, 5) is 0.176. The first kappa shape index (κ1) is 19.4.